The molecule has 3 atom stereocenters. The molecule has 0 radical (unpaired) electrons. The van der Waals surface area contributed by atoms with Crippen molar-refractivity contribution in [2.45, 2.75) is 31.2 Å². The fraction of sp³-hybridized carbons (Fsp3) is 0.474. The second-order valence-corrected chi connectivity index (χ2v) is 6.88. The van der Waals surface area contributed by atoms with Crippen LogP contribution >= 0.6 is 0 Å². The molecule has 3 N–H and O–H groups in total. The van der Waals surface area contributed by atoms with E-state index in [0.29, 0.717) is 17.9 Å². The maximum Gasteiger partial charge on any atom is 0.0459 e. The van der Waals surface area contributed by atoms with Gasteiger partial charge in [-0.2, -0.15) is 0 Å². The van der Waals surface area contributed by atoms with E-state index in [4.69, 9.17) is 5.73 Å². The van der Waals surface area contributed by atoms with Crippen LogP contribution in [0.1, 0.15) is 29.9 Å². The normalized spacial score (nSPS) is 27.8. The Hall–Kier alpha value is -1.58. The van der Waals surface area contributed by atoms with Crippen LogP contribution in [0, 0.1) is 5.92 Å². The first-order valence-corrected chi connectivity index (χ1v) is 8.45. The molecule has 0 saturated carbocycles. The number of hydrogen-bond donors (Lipinski definition) is 2. The van der Waals surface area contributed by atoms with Gasteiger partial charge in [-0.15, -0.1) is 6.58 Å². The first kappa shape index (κ1) is 14.0. The maximum atomic E-state index is 5.84. The summed E-state index contributed by atoms with van der Waals surface area (Å²) in [4.78, 5) is 6.09. The van der Waals surface area contributed by atoms with Crippen molar-refractivity contribution < 1.29 is 0 Å². The van der Waals surface area contributed by atoms with Gasteiger partial charge < -0.3 is 10.7 Å². The third-order valence-electron chi connectivity index (χ3n) is 5.60. The summed E-state index contributed by atoms with van der Waals surface area (Å²) in [7, 11) is 0. The Kier molecular flexibility index (Phi) is 3.55. The summed E-state index contributed by atoms with van der Waals surface area (Å²) in [5.41, 5.74) is 10.2. The van der Waals surface area contributed by atoms with E-state index in [1.165, 1.54) is 29.4 Å². The van der Waals surface area contributed by atoms with Gasteiger partial charge in [-0.1, -0.05) is 18.2 Å². The molecule has 1 aliphatic carbocycles. The summed E-state index contributed by atoms with van der Waals surface area (Å²) in [6, 6.07) is 7.35. The van der Waals surface area contributed by atoms with Gasteiger partial charge in [0.25, 0.3) is 0 Å². The van der Waals surface area contributed by atoms with E-state index in [1.807, 2.05) is 0 Å². The number of hydrogen-bond acceptors (Lipinski definition) is 2. The topological polar surface area (TPSA) is 45.0 Å². The molecule has 3 nitrogen and oxygen atoms in total. The molecule has 1 fully saturated rings. The summed E-state index contributed by atoms with van der Waals surface area (Å²) in [6.07, 6.45) is 7.83. The highest BCUT2D eigenvalue weighted by Crippen LogP contribution is 2.45. The van der Waals surface area contributed by atoms with Crippen LogP contribution in [0.15, 0.2) is 37.1 Å². The van der Waals surface area contributed by atoms with Crippen LogP contribution in [0.4, 0.5) is 0 Å². The van der Waals surface area contributed by atoms with Gasteiger partial charge in [0.05, 0.1) is 0 Å². The van der Waals surface area contributed by atoms with Crippen molar-refractivity contribution in [2.75, 3.05) is 19.6 Å². The van der Waals surface area contributed by atoms with Crippen LogP contribution in [0.2, 0.25) is 0 Å². The predicted molar refractivity (Wildman–Crippen MR) is 92.1 cm³/mol. The van der Waals surface area contributed by atoms with Crippen molar-refractivity contribution in [2.24, 2.45) is 11.7 Å². The molecule has 2 heterocycles. The van der Waals surface area contributed by atoms with Crippen molar-refractivity contribution in [1.29, 1.82) is 0 Å². The lowest BCUT2D eigenvalue weighted by Gasteiger charge is -2.47. The average Bonchev–Trinajstić information content (AvgIpc) is 2.94. The highest BCUT2D eigenvalue weighted by atomic mass is 15.2. The number of H-pyrrole nitrogens is 1. The van der Waals surface area contributed by atoms with Crippen molar-refractivity contribution in [1.82, 2.24) is 9.88 Å². The molecule has 116 valence electrons. The lowest BCUT2D eigenvalue weighted by molar-refractivity contribution is 0.0938. The van der Waals surface area contributed by atoms with Gasteiger partial charge in [0.2, 0.25) is 0 Å². The minimum atomic E-state index is 0.612. The van der Waals surface area contributed by atoms with Gasteiger partial charge in [-0.3, -0.25) is 4.90 Å². The summed E-state index contributed by atoms with van der Waals surface area (Å²) in [5, 5.41) is 1.48. The zero-order chi connectivity index (χ0) is 15.1. The first-order chi connectivity index (χ1) is 10.8. The van der Waals surface area contributed by atoms with E-state index >= 15 is 0 Å². The number of benzene rings is 1. The Morgan fingerprint density at radius 1 is 1.41 bits per heavy atom. The molecule has 1 aliphatic heterocycles. The number of piperidine rings is 1. The van der Waals surface area contributed by atoms with Crippen LogP contribution in [-0.2, 0) is 6.42 Å². The monoisotopic (exact) mass is 295 g/mol. The largest absolute Gasteiger partial charge is 0.361 e. The summed E-state index contributed by atoms with van der Waals surface area (Å²) in [5.74, 6) is 1.35. The Balaban J connectivity index is 1.77. The lowest BCUT2D eigenvalue weighted by Crippen LogP contribution is -2.50. The van der Waals surface area contributed by atoms with Gasteiger partial charge in [-0.25, -0.2) is 0 Å². The molecular weight excluding hydrogens is 270 g/mol. The molecule has 1 saturated heterocycles. The van der Waals surface area contributed by atoms with E-state index < -0.39 is 0 Å². The predicted octanol–water partition coefficient (Wildman–Crippen LogP) is 3.03. The number of nitrogens with two attached hydrogens (primary N) is 1. The van der Waals surface area contributed by atoms with Gasteiger partial charge in [-0.05, 0) is 48.9 Å². The first-order valence-electron chi connectivity index (χ1n) is 8.45. The minimum absolute atomic E-state index is 0.612. The Labute approximate surface area is 132 Å². The van der Waals surface area contributed by atoms with Gasteiger partial charge in [0.1, 0.15) is 0 Å². The molecular formula is C19H25N3. The van der Waals surface area contributed by atoms with Crippen LogP contribution in [0.5, 0.6) is 0 Å². The number of nitrogens with zero attached hydrogens (tertiary/aromatic N) is 1. The zero-order valence-electron chi connectivity index (χ0n) is 13.1. The molecule has 1 unspecified atom stereocenters. The van der Waals surface area contributed by atoms with Crippen LogP contribution in [-0.4, -0.2) is 35.6 Å². The third kappa shape index (κ3) is 2.11. The molecule has 0 amide bonds. The van der Waals surface area contributed by atoms with Gasteiger partial charge >= 0.3 is 0 Å². The lowest BCUT2D eigenvalue weighted by atomic mass is 9.71. The van der Waals surface area contributed by atoms with Gasteiger partial charge in [0, 0.05) is 42.1 Å². The van der Waals surface area contributed by atoms with E-state index in [0.717, 1.165) is 25.9 Å². The number of aromatic nitrogens is 1. The fourth-order valence-corrected chi connectivity index (χ4v) is 4.72. The number of rotatable bonds is 4. The standard InChI is InChI=1S/C19H25N3/c1-2-8-22-12-13(6-7-20)9-16-15-4-3-5-17-19(15)14(11-21-17)10-18(16)22/h2-5,11,13,16,18,21H,1,6-10,12,20H2/t13?,16-,18-/m1/s1. The Bertz CT molecular complexity index is 687. The zero-order valence-corrected chi connectivity index (χ0v) is 13.1. The molecule has 22 heavy (non-hydrogen) atoms. The van der Waals surface area contributed by atoms with E-state index in [-0.39, 0.29) is 0 Å². The maximum absolute atomic E-state index is 5.84. The SMILES string of the molecule is C=CCN1CC(CCN)C[C@@H]2c3cccc4[nH]cc(c34)C[C@H]21. The molecule has 1 aromatic heterocycles. The third-order valence-corrected chi connectivity index (χ3v) is 5.60. The van der Waals surface area contributed by atoms with Gasteiger partial charge in [0.15, 0.2) is 0 Å². The molecule has 0 spiro atoms. The fourth-order valence-electron chi connectivity index (χ4n) is 4.72. The molecule has 3 heteroatoms. The summed E-state index contributed by atoms with van der Waals surface area (Å²) in [6.45, 7) is 6.91. The smallest absolute Gasteiger partial charge is 0.0459 e. The Morgan fingerprint density at radius 2 is 2.32 bits per heavy atom. The number of nitrogens with one attached hydrogen (secondary N) is 1. The minimum Gasteiger partial charge on any atom is -0.361 e. The average molecular weight is 295 g/mol. The Morgan fingerprint density at radius 3 is 3.14 bits per heavy atom. The molecule has 1 aromatic carbocycles. The highest BCUT2D eigenvalue weighted by molar-refractivity contribution is 5.88. The number of fused-ring (bicyclic) bond motifs is 2. The second kappa shape index (κ2) is 5.56. The molecule has 4 rings (SSSR count). The second-order valence-electron chi connectivity index (χ2n) is 6.88. The highest BCUT2D eigenvalue weighted by Gasteiger charge is 2.39. The van der Waals surface area contributed by atoms with Crippen molar-refractivity contribution in [3.8, 4) is 0 Å². The number of likely N-dealkylation sites (tertiary alicyclic amines) is 1. The molecule has 0 bridgehead atoms. The van der Waals surface area contributed by atoms with Crippen LogP contribution in [0.3, 0.4) is 0 Å². The number of aromatic amines is 1. The summed E-state index contributed by atoms with van der Waals surface area (Å²) < 4.78 is 0. The van der Waals surface area contributed by atoms with Crippen LogP contribution < -0.4 is 5.73 Å². The van der Waals surface area contributed by atoms with Crippen molar-refractivity contribution in [3.63, 3.8) is 0 Å². The van der Waals surface area contributed by atoms with Crippen molar-refractivity contribution in [3.05, 3.63) is 48.2 Å². The van der Waals surface area contributed by atoms with E-state index in [1.54, 1.807) is 5.56 Å². The van der Waals surface area contributed by atoms with E-state index in [9.17, 15) is 0 Å². The molecule has 2 aliphatic rings. The van der Waals surface area contributed by atoms with Crippen molar-refractivity contribution >= 4 is 10.9 Å². The van der Waals surface area contributed by atoms with Crippen LogP contribution in [0.25, 0.3) is 10.9 Å². The van der Waals surface area contributed by atoms with E-state index in [2.05, 4.69) is 46.9 Å². The quantitative estimate of drug-likeness (QED) is 0.852. The summed E-state index contributed by atoms with van der Waals surface area (Å²) >= 11 is 0. The molecule has 2 aromatic rings.